The van der Waals surface area contributed by atoms with Crippen molar-refractivity contribution in [2.45, 2.75) is 45.7 Å². The maximum absolute atomic E-state index is 3.76. The van der Waals surface area contributed by atoms with Crippen LogP contribution in [0.5, 0.6) is 0 Å². The third kappa shape index (κ3) is 2.64. The molecule has 0 fully saturated rings. The molecule has 2 aromatic carbocycles. The predicted molar refractivity (Wildman–Crippen MR) is 85.0 cm³/mol. The van der Waals surface area contributed by atoms with Crippen molar-refractivity contribution in [1.82, 2.24) is 5.32 Å². The molecule has 1 nitrogen and oxygen atoms in total. The van der Waals surface area contributed by atoms with Gasteiger partial charge in [0.25, 0.3) is 0 Å². The van der Waals surface area contributed by atoms with E-state index in [2.05, 4.69) is 68.6 Å². The van der Waals surface area contributed by atoms with E-state index in [4.69, 9.17) is 0 Å². The summed E-state index contributed by atoms with van der Waals surface area (Å²) in [5.74, 6) is 0. The third-order valence-corrected chi connectivity index (χ3v) is 4.54. The van der Waals surface area contributed by atoms with Gasteiger partial charge in [-0.1, -0.05) is 42.5 Å². The number of aryl methyl sites for hydroxylation is 2. The Bertz CT molecular complexity index is 582. The van der Waals surface area contributed by atoms with Crippen LogP contribution in [-0.4, -0.2) is 5.54 Å². The van der Waals surface area contributed by atoms with Crippen LogP contribution in [0.3, 0.4) is 0 Å². The SMILES string of the molecule is Cc1cc2c(cc1C)CC(C)(NCc1ccccc1)C2. The highest BCUT2D eigenvalue weighted by Gasteiger charge is 2.32. The summed E-state index contributed by atoms with van der Waals surface area (Å²) < 4.78 is 0. The second-order valence-corrected chi connectivity index (χ2v) is 6.46. The lowest BCUT2D eigenvalue weighted by Crippen LogP contribution is -2.42. The molecule has 0 saturated heterocycles. The molecule has 104 valence electrons. The van der Waals surface area contributed by atoms with Gasteiger partial charge in [0, 0.05) is 12.1 Å². The smallest absolute Gasteiger partial charge is 0.0237 e. The normalized spacial score (nSPS) is 16.1. The van der Waals surface area contributed by atoms with E-state index in [1.807, 2.05) is 0 Å². The van der Waals surface area contributed by atoms with Crippen molar-refractivity contribution < 1.29 is 0 Å². The minimum Gasteiger partial charge on any atom is -0.307 e. The van der Waals surface area contributed by atoms with Crippen molar-refractivity contribution in [3.63, 3.8) is 0 Å². The van der Waals surface area contributed by atoms with Crippen LogP contribution < -0.4 is 5.32 Å². The fraction of sp³-hybridized carbons (Fsp3) is 0.368. The van der Waals surface area contributed by atoms with Crippen molar-refractivity contribution in [2.24, 2.45) is 0 Å². The van der Waals surface area contributed by atoms with Gasteiger partial charge in [0.05, 0.1) is 0 Å². The van der Waals surface area contributed by atoms with Gasteiger partial charge in [-0.25, -0.2) is 0 Å². The molecule has 0 aliphatic heterocycles. The Morgan fingerprint density at radius 1 is 0.950 bits per heavy atom. The van der Waals surface area contributed by atoms with Gasteiger partial charge in [-0.15, -0.1) is 0 Å². The summed E-state index contributed by atoms with van der Waals surface area (Å²) in [7, 11) is 0. The average Bonchev–Trinajstić information content (AvgIpc) is 2.75. The highest BCUT2D eigenvalue weighted by Crippen LogP contribution is 2.32. The highest BCUT2D eigenvalue weighted by molar-refractivity contribution is 5.42. The van der Waals surface area contributed by atoms with Crippen LogP contribution in [0.2, 0.25) is 0 Å². The summed E-state index contributed by atoms with van der Waals surface area (Å²) in [6.45, 7) is 7.72. The molecule has 0 aromatic heterocycles. The first kappa shape index (κ1) is 13.4. The second-order valence-electron chi connectivity index (χ2n) is 6.46. The second kappa shape index (κ2) is 5.06. The van der Waals surface area contributed by atoms with Crippen molar-refractivity contribution in [3.05, 3.63) is 70.3 Å². The molecule has 3 rings (SSSR count). The number of benzene rings is 2. The Morgan fingerprint density at radius 3 is 2.05 bits per heavy atom. The number of hydrogen-bond donors (Lipinski definition) is 1. The highest BCUT2D eigenvalue weighted by atomic mass is 15.0. The van der Waals surface area contributed by atoms with E-state index >= 15 is 0 Å². The van der Waals surface area contributed by atoms with Crippen molar-refractivity contribution in [2.75, 3.05) is 0 Å². The fourth-order valence-electron chi connectivity index (χ4n) is 3.20. The summed E-state index contributed by atoms with van der Waals surface area (Å²) in [5.41, 5.74) is 7.43. The van der Waals surface area contributed by atoms with Gasteiger partial charge in [0.15, 0.2) is 0 Å². The maximum atomic E-state index is 3.76. The van der Waals surface area contributed by atoms with Crippen molar-refractivity contribution >= 4 is 0 Å². The lowest BCUT2D eigenvalue weighted by molar-refractivity contribution is 0.370. The first-order chi connectivity index (χ1) is 9.56. The van der Waals surface area contributed by atoms with Gasteiger partial charge in [-0.2, -0.15) is 0 Å². The molecule has 0 spiro atoms. The zero-order chi connectivity index (χ0) is 14.2. The molecular weight excluding hydrogens is 242 g/mol. The molecule has 1 N–H and O–H groups in total. The molecule has 0 saturated carbocycles. The third-order valence-electron chi connectivity index (χ3n) is 4.54. The van der Waals surface area contributed by atoms with E-state index in [1.54, 1.807) is 0 Å². The quantitative estimate of drug-likeness (QED) is 0.886. The van der Waals surface area contributed by atoms with E-state index in [1.165, 1.54) is 27.8 Å². The van der Waals surface area contributed by atoms with Crippen LogP contribution in [0, 0.1) is 13.8 Å². The van der Waals surface area contributed by atoms with Gasteiger partial charge in [-0.3, -0.25) is 0 Å². The summed E-state index contributed by atoms with van der Waals surface area (Å²) in [4.78, 5) is 0. The van der Waals surface area contributed by atoms with E-state index < -0.39 is 0 Å². The predicted octanol–water partition coefficient (Wildman–Crippen LogP) is 3.95. The van der Waals surface area contributed by atoms with E-state index in [0.29, 0.717) is 0 Å². The van der Waals surface area contributed by atoms with Crippen LogP contribution in [0.1, 0.15) is 34.7 Å². The molecule has 1 aliphatic carbocycles. The Hall–Kier alpha value is -1.60. The van der Waals surface area contributed by atoms with Gasteiger partial charge in [0.1, 0.15) is 0 Å². The molecule has 1 heteroatoms. The van der Waals surface area contributed by atoms with Gasteiger partial charge in [-0.05, 0) is 61.4 Å². The topological polar surface area (TPSA) is 12.0 Å². The number of rotatable bonds is 3. The van der Waals surface area contributed by atoms with Crippen molar-refractivity contribution in [3.8, 4) is 0 Å². The van der Waals surface area contributed by atoms with Gasteiger partial charge < -0.3 is 5.32 Å². The van der Waals surface area contributed by atoms with Crippen LogP contribution in [0.15, 0.2) is 42.5 Å². The molecule has 0 radical (unpaired) electrons. The maximum Gasteiger partial charge on any atom is 0.0237 e. The molecule has 0 unspecified atom stereocenters. The summed E-state index contributed by atoms with van der Waals surface area (Å²) >= 11 is 0. The Morgan fingerprint density at radius 2 is 1.50 bits per heavy atom. The number of fused-ring (bicyclic) bond motifs is 1. The minimum absolute atomic E-state index is 0.193. The zero-order valence-electron chi connectivity index (χ0n) is 12.7. The summed E-state index contributed by atoms with van der Waals surface area (Å²) in [5, 5.41) is 3.76. The van der Waals surface area contributed by atoms with Gasteiger partial charge in [0.2, 0.25) is 0 Å². The molecule has 0 heterocycles. The standard InChI is InChI=1S/C19H23N/c1-14-9-17-11-19(3,12-18(17)10-15(14)2)20-13-16-7-5-4-6-8-16/h4-10,20H,11-13H2,1-3H3. The summed E-state index contributed by atoms with van der Waals surface area (Å²) in [6.07, 6.45) is 2.27. The molecule has 20 heavy (non-hydrogen) atoms. The molecular formula is C19H23N. The fourth-order valence-corrected chi connectivity index (χ4v) is 3.20. The lowest BCUT2D eigenvalue weighted by atomic mass is 9.98. The molecule has 1 aliphatic rings. The van der Waals surface area contributed by atoms with Gasteiger partial charge >= 0.3 is 0 Å². The monoisotopic (exact) mass is 265 g/mol. The van der Waals surface area contributed by atoms with E-state index in [0.717, 1.165) is 19.4 Å². The molecule has 0 atom stereocenters. The zero-order valence-corrected chi connectivity index (χ0v) is 12.7. The summed E-state index contributed by atoms with van der Waals surface area (Å²) in [6, 6.07) is 15.4. The first-order valence-corrected chi connectivity index (χ1v) is 7.44. The Kier molecular flexibility index (Phi) is 3.39. The molecule has 2 aromatic rings. The molecule has 0 amide bonds. The lowest BCUT2D eigenvalue weighted by Gasteiger charge is -2.25. The first-order valence-electron chi connectivity index (χ1n) is 7.44. The largest absolute Gasteiger partial charge is 0.307 e. The number of hydrogen-bond acceptors (Lipinski definition) is 1. The van der Waals surface area contributed by atoms with E-state index in [-0.39, 0.29) is 5.54 Å². The van der Waals surface area contributed by atoms with Crippen molar-refractivity contribution in [1.29, 1.82) is 0 Å². The average molecular weight is 265 g/mol. The van der Waals surface area contributed by atoms with Crippen LogP contribution in [-0.2, 0) is 19.4 Å². The van der Waals surface area contributed by atoms with E-state index in [9.17, 15) is 0 Å². The Balaban J connectivity index is 1.73. The minimum atomic E-state index is 0.193. The van der Waals surface area contributed by atoms with Crippen LogP contribution in [0.25, 0.3) is 0 Å². The Labute approximate surface area is 122 Å². The van der Waals surface area contributed by atoms with Crippen LogP contribution in [0.4, 0.5) is 0 Å². The number of nitrogens with one attached hydrogen (secondary N) is 1. The molecule has 0 bridgehead atoms. The van der Waals surface area contributed by atoms with Crippen LogP contribution >= 0.6 is 0 Å².